The van der Waals surface area contributed by atoms with Crippen LogP contribution in [0.4, 0.5) is 0 Å². The van der Waals surface area contributed by atoms with Gasteiger partial charge in [-0.05, 0) is 24.7 Å². The van der Waals surface area contributed by atoms with Crippen molar-refractivity contribution in [3.05, 3.63) is 0 Å². The van der Waals surface area contributed by atoms with Gasteiger partial charge in [-0.3, -0.25) is 4.79 Å². The predicted octanol–water partition coefficient (Wildman–Crippen LogP) is 1.08. The van der Waals surface area contributed by atoms with Crippen LogP contribution in [-0.2, 0) is 9.53 Å². The van der Waals surface area contributed by atoms with Gasteiger partial charge in [0, 0.05) is 13.2 Å². The van der Waals surface area contributed by atoms with Crippen molar-refractivity contribution < 1.29 is 14.6 Å². The van der Waals surface area contributed by atoms with Crippen molar-refractivity contribution in [3.8, 4) is 0 Å². The fraction of sp³-hybridized carbons (Fsp3) is 0.917. The minimum atomic E-state index is -0.481. The Kier molecular flexibility index (Phi) is 4.74. The summed E-state index contributed by atoms with van der Waals surface area (Å²) in [5, 5.41) is 12.5. The van der Waals surface area contributed by atoms with E-state index in [-0.39, 0.29) is 17.4 Å². The molecule has 1 rings (SSSR count). The van der Waals surface area contributed by atoms with Crippen LogP contribution in [0.3, 0.4) is 0 Å². The lowest BCUT2D eigenvalue weighted by atomic mass is 9.89. The standard InChI is InChI=1S/C12H23NO3/c1-12(2,3)7-9(14)8-13-11(15)10-5-4-6-16-10/h9-10,14H,4-8H2,1-3H3,(H,13,15)/t9?,10-/m1/s1. The number of carbonyl (C=O) groups is 1. The Morgan fingerprint density at radius 1 is 1.56 bits per heavy atom. The Labute approximate surface area is 97.4 Å². The van der Waals surface area contributed by atoms with Crippen molar-refractivity contribution in [2.45, 2.75) is 52.2 Å². The minimum absolute atomic E-state index is 0.0774. The van der Waals surface area contributed by atoms with Gasteiger partial charge in [0.2, 0.25) is 5.91 Å². The van der Waals surface area contributed by atoms with Gasteiger partial charge < -0.3 is 15.2 Å². The summed E-state index contributed by atoms with van der Waals surface area (Å²) in [6, 6.07) is 0. The lowest BCUT2D eigenvalue weighted by Crippen LogP contribution is -2.39. The molecule has 94 valence electrons. The number of ether oxygens (including phenoxy) is 1. The molecule has 4 heteroatoms. The molecule has 0 aliphatic carbocycles. The molecular weight excluding hydrogens is 206 g/mol. The summed E-state index contributed by atoms with van der Waals surface area (Å²) >= 11 is 0. The molecule has 1 heterocycles. The summed E-state index contributed by atoms with van der Waals surface area (Å²) in [6.07, 6.45) is 1.63. The van der Waals surface area contributed by atoms with Gasteiger partial charge in [-0.25, -0.2) is 0 Å². The average molecular weight is 229 g/mol. The van der Waals surface area contributed by atoms with Crippen LogP contribution in [0, 0.1) is 5.41 Å². The van der Waals surface area contributed by atoms with Crippen molar-refractivity contribution in [2.24, 2.45) is 5.41 Å². The first-order valence-electron chi connectivity index (χ1n) is 5.96. The van der Waals surface area contributed by atoms with Crippen molar-refractivity contribution >= 4 is 5.91 Å². The second kappa shape index (κ2) is 5.64. The van der Waals surface area contributed by atoms with E-state index in [0.29, 0.717) is 19.6 Å². The SMILES string of the molecule is CC(C)(C)CC(O)CNC(=O)[C@H]1CCCO1. The van der Waals surface area contributed by atoms with Gasteiger partial charge in [0.1, 0.15) is 6.10 Å². The maximum Gasteiger partial charge on any atom is 0.249 e. The molecule has 16 heavy (non-hydrogen) atoms. The predicted molar refractivity (Wildman–Crippen MR) is 62.1 cm³/mol. The smallest absolute Gasteiger partial charge is 0.249 e. The molecular formula is C12H23NO3. The van der Waals surface area contributed by atoms with Gasteiger partial charge in [0.05, 0.1) is 6.10 Å². The third kappa shape index (κ3) is 4.94. The Morgan fingerprint density at radius 3 is 2.75 bits per heavy atom. The summed E-state index contributed by atoms with van der Waals surface area (Å²) in [7, 11) is 0. The third-order valence-corrected chi connectivity index (χ3v) is 2.58. The lowest BCUT2D eigenvalue weighted by molar-refractivity contribution is -0.130. The van der Waals surface area contributed by atoms with Crippen LogP contribution in [0.25, 0.3) is 0 Å². The Hall–Kier alpha value is -0.610. The summed E-state index contributed by atoms with van der Waals surface area (Å²) in [5.74, 6) is -0.0922. The number of hydrogen-bond donors (Lipinski definition) is 2. The van der Waals surface area contributed by atoms with Crippen LogP contribution >= 0.6 is 0 Å². The number of aliphatic hydroxyl groups is 1. The normalized spacial score (nSPS) is 23.1. The molecule has 0 radical (unpaired) electrons. The lowest BCUT2D eigenvalue weighted by Gasteiger charge is -2.22. The average Bonchev–Trinajstić information content (AvgIpc) is 2.64. The summed E-state index contributed by atoms with van der Waals surface area (Å²) in [4.78, 5) is 11.6. The number of rotatable bonds is 4. The summed E-state index contributed by atoms with van der Waals surface area (Å²) in [5.41, 5.74) is 0.0774. The highest BCUT2D eigenvalue weighted by Gasteiger charge is 2.24. The molecule has 1 amide bonds. The van der Waals surface area contributed by atoms with Gasteiger partial charge in [0.15, 0.2) is 0 Å². The molecule has 0 spiro atoms. The number of aliphatic hydroxyl groups excluding tert-OH is 1. The largest absolute Gasteiger partial charge is 0.391 e. The zero-order valence-electron chi connectivity index (χ0n) is 10.5. The first-order valence-corrected chi connectivity index (χ1v) is 5.96. The molecule has 1 aliphatic rings. The highest BCUT2D eigenvalue weighted by Crippen LogP contribution is 2.20. The molecule has 1 aliphatic heterocycles. The molecule has 1 fully saturated rings. The van der Waals surface area contributed by atoms with Crippen molar-refractivity contribution in [3.63, 3.8) is 0 Å². The van der Waals surface area contributed by atoms with E-state index in [9.17, 15) is 9.90 Å². The topological polar surface area (TPSA) is 58.6 Å². The minimum Gasteiger partial charge on any atom is -0.391 e. The zero-order valence-corrected chi connectivity index (χ0v) is 10.5. The number of amides is 1. The second-order valence-corrected chi connectivity index (χ2v) is 5.67. The van der Waals surface area contributed by atoms with Gasteiger partial charge >= 0.3 is 0 Å². The molecule has 1 unspecified atom stereocenters. The van der Waals surface area contributed by atoms with Gasteiger partial charge in [-0.2, -0.15) is 0 Å². The summed E-state index contributed by atoms with van der Waals surface area (Å²) in [6.45, 7) is 7.19. The van der Waals surface area contributed by atoms with E-state index in [1.807, 2.05) is 0 Å². The molecule has 0 aromatic heterocycles. The maximum absolute atomic E-state index is 11.6. The quantitative estimate of drug-likeness (QED) is 0.758. The van der Waals surface area contributed by atoms with Crippen LogP contribution in [0.5, 0.6) is 0 Å². The number of nitrogens with one attached hydrogen (secondary N) is 1. The van der Waals surface area contributed by atoms with E-state index in [4.69, 9.17) is 4.74 Å². The number of hydrogen-bond acceptors (Lipinski definition) is 3. The fourth-order valence-corrected chi connectivity index (χ4v) is 1.90. The van der Waals surface area contributed by atoms with Crippen LogP contribution < -0.4 is 5.32 Å². The first-order chi connectivity index (χ1) is 7.38. The molecule has 2 N–H and O–H groups in total. The van der Waals surface area contributed by atoms with E-state index >= 15 is 0 Å². The molecule has 0 aromatic rings. The Morgan fingerprint density at radius 2 is 2.25 bits per heavy atom. The van der Waals surface area contributed by atoms with Crippen LogP contribution in [0.1, 0.15) is 40.0 Å². The molecule has 2 atom stereocenters. The second-order valence-electron chi connectivity index (χ2n) is 5.67. The third-order valence-electron chi connectivity index (χ3n) is 2.58. The highest BCUT2D eigenvalue weighted by atomic mass is 16.5. The molecule has 0 bridgehead atoms. The van der Waals surface area contributed by atoms with E-state index < -0.39 is 6.10 Å². The van der Waals surface area contributed by atoms with E-state index in [1.54, 1.807) is 0 Å². The van der Waals surface area contributed by atoms with Crippen molar-refractivity contribution in [1.82, 2.24) is 5.32 Å². The van der Waals surface area contributed by atoms with Crippen molar-refractivity contribution in [1.29, 1.82) is 0 Å². The molecule has 1 saturated heterocycles. The first kappa shape index (κ1) is 13.5. The van der Waals surface area contributed by atoms with E-state index in [0.717, 1.165) is 12.8 Å². The van der Waals surface area contributed by atoms with Crippen molar-refractivity contribution in [2.75, 3.05) is 13.2 Å². The fourth-order valence-electron chi connectivity index (χ4n) is 1.90. The summed E-state index contributed by atoms with van der Waals surface area (Å²) < 4.78 is 5.25. The van der Waals surface area contributed by atoms with Gasteiger partial charge in [0.25, 0.3) is 0 Å². The Bertz CT molecular complexity index is 229. The number of carbonyl (C=O) groups excluding carboxylic acids is 1. The highest BCUT2D eigenvalue weighted by molar-refractivity contribution is 5.80. The van der Waals surface area contributed by atoms with E-state index in [2.05, 4.69) is 26.1 Å². The van der Waals surface area contributed by atoms with Crippen LogP contribution in [0.15, 0.2) is 0 Å². The monoisotopic (exact) mass is 229 g/mol. The molecule has 0 aromatic carbocycles. The maximum atomic E-state index is 11.6. The van der Waals surface area contributed by atoms with Crippen LogP contribution in [-0.4, -0.2) is 36.4 Å². The van der Waals surface area contributed by atoms with Gasteiger partial charge in [-0.1, -0.05) is 20.8 Å². The zero-order chi connectivity index (χ0) is 12.2. The molecule has 0 saturated carbocycles. The molecule has 4 nitrogen and oxygen atoms in total. The van der Waals surface area contributed by atoms with Crippen LogP contribution in [0.2, 0.25) is 0 Å². The Balaban J connectivity index is 2.20. The van der Waals surface area contributed by atoms with Gasteiger partial charge in [-0.15, -0.1) is 0 Å². The van der Waals surface area contributed by atoms with E-state index in [1.165, 1.54) is 0 Å².